The predicted octanol–water partition coefficient (Wildman–Crippen LogP) is 2.81. The largest absolute Gasteiger partial charge is 0.464 e. The molecule has 1 atom stereocenters. The zero-order valence-corrected chi connectivity index (χ0v) is 13.0. The van der Waals surface area contributed by atoms with E-state index in [4.69, 9.17) is 4.74 Å². The highest BCUT2D eigenvalue weighted by molar-refractivity contribution is 5.84. The Morgan fingerprint density at radius 1 is 1.30 bits per heavy atom. The van der Waals surface area contributed by atoms with Crippen molar-refractivity contribution in [1.82, 2.24) is 4.57 Å². The number of ether oxygens (including phenoxy) is 1. The van der Waals surface area contributed by atoms with Gasteiger partial charge >= 0.3 is 5.97 Å². The molecule has 1 aromatic heterocycles. The topological polar surface area (TPSA) is 91.4 Å². The Morgan fingerprint density at radius 3 is 2.65 bits per heavy atom. The summed E-state index contributed by atoms with van der Waals surface area (Å²) in [5.41, 5.74) is 0.0688. The molecule has 0 aliphatic rings. The number of nitro benzene ring substituents is 1. The summed E-state index contributed by atoms with van der Waals surface area (Å²) < 4.78 is 6.50. The SMILES string of the molecule is CCCOC(=O)C(CC)n1c(=O)ccc2cc([N+](=O)[O-])ccc21. The van der Waals surface area contributed by atoms with E-state index in [-0.39, 0.29) is 11.2 Å². The summed E-state index contributed by atoms with van der Waals surface area (Å²) in [5, 5.41) is 11.4. The van der Waals surface area contributed by atoms with Gasteiger partial charge in [-0.05, 0) is 25.0 Å². The van der Waals surface area contributed by atoms with Crippen LogP contribution in [0.25, 0.3) is 10.9 Å². The maximum Gasteiger partial charge on any atom is 0.329 e. The Balaban J connectivity index is 2.57. The number of non-ortho nitro benzene ring substituents is 1. The van der Waals surface area contributed by atoms with E-state index in [0.717, 1.165) is 0 Å². The highest BCUT2D eigenvalue weighted by Gasteiger charge is 2.23. The van der Waals surface area contributed by atoms with Crippen LogP contribution < -0.4 is 5.56 Å². The number of rotatable bonds is 6. The minimum Gasteiger partial charge on any atom is -0.464 e. The standard InChI is InChI=1S/C16H18N2O5/c1-3-9-23-16(20)13(4-2)17-14-7-6-12(18(21)22)10-11(14)5-8-15(17)19/h5-8,10,13H,3-4,9H2,1-2H3. The summed E-state index contributed by atoms with van der Waals surface area (Å²) in [6.45, 7) is 3.96. The van der Waals surface area contributed by atoms with Gasteiger partial charge in [0.1, 0.15) is 6.04 Å². The van der Waals surface area contributed by atoms with Crippen LogP contribution in [0.2, 0.25) is 0 Å². The van der Waals surface area contributed by atoms with Crippen LogP contribution in [0, 0.1) is 10.1 Å². The van der Waals surface area contributed by atoms with E-state index in [9.17, 15) is 19.7 Å². The van der Waals surface area contributed by atoms with Gasteiger partial charge in [-0.25, -0.2) is 4.79 Å². The van der Waals surface area contributed by atoms with E-state index in [1.165, 1.54) is 34.9 Å². The summed E-state index contributed by atoms with van der Waals surface area (Å²) in [4.78, 5) is 34.8. The minimum absolute atomic E-state index is 0.0655. The van der Waals surface area contributed by atoms with Gasteiger partial charge in [-0.1, -0.05) is 13.8 Å². The monoisotopic (exact) mass is 318 g/mol. The Labute approximate surface area is 132 Å². The summed E-state index contributed by atoms with van der Waals surface area (Å²) in [6, 6.07) is 6.27. The van der Waals surface area contributed by atoms with Crippen molar-refractivity contribution < 1.29 is 14.5 Å². The molecule has 0 saturated carbocycles. The van der Waals surface area contributed by atoms with Crippen molar-refractivity contribution in [2.24, 2.45) is 0 Å². The molecule has 1 unspecified atom stereocenters. The Kier molecular flexibility index (Phi) is 5.10. The molecule has 23 heavy (non-hydrogen) atoms. The number of hydrogen-bond acceptors (Lipinski definition) is 5. The molecule has 0 aliphatic carbocycles. The molecule has 0 amide bonds. The molecule has 2 rings (SSSR count). The Morgan fingerprint density at radius 2 is 2.04 bits per heavy atom. The van der Waals surface area contributed by atoms with Crippen LogP contribution >= 0.6 is 0 Å². The third-order valence-corrected chi connectivity index (χ3v) is 3.54. The molecule has 0 spiro atoms. The minimum atomic E-state index is -0.751. The number of carbonyl (C=O) groups is 1. The van der Waals surface area contributed by atoms with Crippen molar-refractivity contribution in [3.63, 3.8) is 0 Å². The molecular weight excluding hydrogens is 300 g/mol. The molecule has 1 heterocycles. The van der Waals surface area contributed by atoms with Gasteiger partial charge in [0.25, 0.3) is 11.2 Å². The van der Waals surface area contributed by atoms with Crippen molar-refractivity contribution in [1.29, 1.82) is 0 Å². The van der Waals surface area contributed by atoms with Crippen LogP contribution in [0.4, 0.5) is 5.69 Å². The van der Waals surface area contributed by atoms with Gasteiger partial charge in [-0.3, -0.25) is 19.5 Å². The molecule has 0 fully saturated rings. The zero-order chi connectivity index (χ0) is 17.0. The van der Waals surface area contributed by atoms with Gasteiger partial charge in [-0.15, -0.1) is 0 Å². The number of benzene rings is 1. The lowest BCUT2D eigenvalue weighted by atomic mass is 10.1. The number of nitro groups is 1. The number of esters is 1. The molecule has 0 aliphatic heterocycles. The second kappa shape index (κ2) is 7.04. The summed E-state index contributed by atoms with van der Waals surface area (Å²) in [5.74, 6) is -0.470. The van der Waals surface area contributed by atoms with Crippen LogP contribution in [0.1, 0.15) is 32.7 Å². The smallest absolute Gasteiger partial charge is 0.329 e. The van der Waals surface area contributed by atoms with Gasteiger partial charge in [-0.2, -0.15) is 0 Å². The first kappa shape index (κ1) is 16.7. The van der Waals surface area contributed by atoms with Gasteiger partial charge in [0.15, 0.2) is 0 Å². The first-order valence-corrected chi connectivity index (χ1v) is 7.46. The van der Waals surface area contributed by atoms with Crippen molar-refractivity contribution in [2.75, 3.05) is 6.61 Å². The molecule has 122 valence electrons. The van der Waals surface area contributed by atoms with E-state index in [0.29, 0.717) is 30.4 Å². The predicted molar refractivity (Wildman–Crippen MR) is 85.4 cm³/mol. The van der Waals surface area contributed by atoms with Crippen LogP contribution in [0.5, 0.6) is 0 Å². The molecule has 0 saturated heterocycles. The molecule has 0 bridgehead atoms. The zero-order valence-electron chi connectivity index (χ0n) is 13.0. The maximum atomic E-state index is 12.3. The molecule has 7 nitrogen and oxygen atoms in total. The van der Waals surface area contributed by atoms with Crippen LogP contribution in [0.15, 0.2) is 35.1 Å². The number of pyridine rings is 1. The van der Waals surface area contributed by atoms with E-state index in [1.807, 2.05) is 6.92 Å². The van der Waals surface area contributed by atoms with Crippen molar-refractivity contribution in [2.45, 2.75) is 32.7 Å². The lowest BCUT2D eigenvalue weighted by Crippen LogP contribution is -2.30. The molecule has 0 N–H and O–H groups in total. The fourth-order valence-corrected chi connectivity index (χ4v) is 2.44. The Hall–Kier alpha value is -2.70. The van der Waals surface area contributed by atoms with Gasteiger partial charge in [0, 0.05) is 23.6 Å². The first-order chi connectivity index (χ1) is 11.0. The summed E-state index contributed by atoms with van der Waals surface area (Å²) in [7, 11) is 0. The van der Waals surface area contributed by atoms with Crippen LogP contribution in [-0.4, -0.2) is 22.1 Å². The maximum absolute atomic E-state index is 12.3. The third kappa shape index (κ3) is 3.39. The Bertz CT molecular complexity index is 797. The quantitative estimate of drug-likeness (QED) is 0.464. The lowest BCUT2D eigenvalue weighted by molar-refractivity contribution is -0.384. The lowest BCUT2D eigenvalue weighted by Gasteiger charge is -2.19. The summed E-state index contributed by atoms with van der Waals surface area (Å²) in [6.07, 6.45) is 1.08. The third-order valence-electron chi connectivity index (χ3n) is 3.54. The van der Waals surface area contributed by atoms with Crippen molar-refractivity contribution in [3.05, 3.63) is 50.8 Å². The fraction of sp³-hybridized carbons (Fsp3) is 0.375. The van der Waals surface area contributed by atoms with E-state index in [1.54, 1.807) is 6.92 Å². The number of hydrogen-bond donors (Lipinski definition) is 0. The molecule has 1 aromatic carbocycles. The van der Waals surface area contributed by atoms with Gasteiger partial charge in [0.2, 0.25) is 0 Å². The van der Waals surface area contributed by atoms with Crippen LogP contribution in [-0.2, 0) is 9.53 Å². The fourth-order valence-electron chi connectivity index (χ4n) is 2.44. The van der Waals surface area contributed by atoms with Gasteiger partial charge in [0.05, 0.1) is 17.0 Å². The van der Waals surface area contributed by atoms with Crippen molar-refractivity contribution in [3.8, 4) is 0 Å². The first-order valence-electron chi connectivity index (χ1n) is 7.46. The average Bonchev–Trinajstić information content (AvgIpc) is 2.54. The second-order valence-corrected chi connectivity index (χ2v) is 5.13. The number of aromatic nitrogens is 1. The normalized spacial score (nSPS) is 12.1. The molecule has 7 heteroatoms. The number of fused-ring (bicyclic) bond motifs is 1. The van der Waals surface area contributed by atoms with E-state index >= 15 is 0 Å². The number of nitrogens with zero attached hydrogens (tertiary/aromatic N) is 2. The van der Waals surface area contributed by atoms with E-state index < -0.39 is 16.9 Å². The second-order valence-electron chi connectivity index (χ2n) is 5.13. The average molecular weight is 318 g/mol. The van der Waals surface area contributed by atoms with Crippen molar-refractivity contribution >= 4 is 22.6 Å². The highest BCUT2D eigenvalue weighted by Crippen LogP contribution is 2.23. The molecular formula is C16H18N2O5. The van der Waals surface area contributed by atoms with E-state index in [2.05, 4.69) is 0 Å². The number of carbonyl (C=O) groups excluding carboxylic acids is 1. The summed E-state index contributed by atoms with van der Waals surface area (Å²) >= 11 is 0. The highest BCUT2D eigenvalue weighted by atomic mass is 16.6. The van der Waals surface area contributed by atoms with Gasteiger partial charge < -0.3 is 4.74 Å². The molecule has 2 aromatic rings. The molecule has 0 radical (unpaired) electrons. The van der Waals surface area contributed by atoms with Crippen LogP contribution in [0.3, 0.4) is 0 Å².